The molecule has 33 heavy (non-hydrogen) atoms. The first-order valence-corrected chi connectivity index (χ1v) is 11.6. The molecule has 0 heterocycles. The van der Waals surface area contributed by atoms with Crippen molar-refractivity contribution >= 4 is 28.9 Å². The Labute approximate surface area is 201 Å². The fraction of sp³-hybridized carbons (Fsp3) is 0.259. The maximum atomic E-state index is 12.6. The molecule has 0 aliphatic rings. The van der Waals surface area contributed by atoms with E-state index >= 15 is 0 Å². The van der Waals surface area contributed by atoms with Gasteiger partial charge < -0.3 is 14.8 Å². The van der Waals surface area contributed by atoms with Gasteiger partial charge >= 0.3 is 0 Å². The molecular weight excluding hydrogens is 432 g/mol. The third kappa shape index (κ3) is 7.91. The Balaban J connectivity index is 1.50. The fourth-order valence-corrected chi connectivity index (χ4v) is 3.33. The van der Waals surface area contributed by atoms with Gasteiger partial charge in [-0.1, -0.05) is 49.4 Å². The Bertz CT molecular complexity index is 1040. The number of amides is 1. The highest BCUT2D eigenvalue weighted by atomic mass is 32.1. The minimum absolute atomic E-state index is 0.127. The quantitative estimate of drug-likeness (QED) is 0.286. The Kier molecular flexibility index (Phi) is 9.27. The van der Waals surface area contributed by atoms with Crippen LogP contribution < -0.4 is 20.1 Å². The molecule has 3 aromatic rings. The van der Waals surface area contributed by atoms with E-state index in [4.69, 9.17) is 21.7 Å². The highest BCUT2D eigenvalue weighted by Gasteiger charge is 2.11. The molecule has 5 nitrogen and oxygen atoms in total. The van der Waals surface area contributed by atoms with Crippen LogP contribution in [0.4, 0.5) is 5.69 Å². The van der Waals surface area contributed by atoms with Crippen molar-refractivity contribution in [2.45, 2.75) is 39.2 Å². The van der Waals surface area contributed by atoms with Gasteiger partial charge in [0, 0.05) is 5.56 Å². The number of ether oxygens (including phenoxy) is 2. The SMILES string of the molecule is CCC(C)Oc1ccc(C(=O)NC(=S)Nc2ccccc2OCCCc2ccccc2)cc1. The molecule has 1 amide bonds. The zero-order valence-corrected chi connectivity index (χ0v) is 19.9. The topological polar surface area (TPSA) is 59.6 Å². The molecule has 1 atom stereocenters. The summed E-state index contributed by atoms with van der Waals surface area (Å²) in [5.41, 5.74) is 2.50. The standard InChI is InChI=1S/C27H30N2O3S/c1-3-20(2)32-23-17-15-22(16-18-23)26(30)29-27(33)28-24-13-7-8-14-25(24)31-19-9-12-21-10-5-4-6-11-21/h4-8,10-11,13-18,20H,3,9,12,19H2,1-2H3,(H2,28,29,30,33). The Hall–Kier alpha value is -3.38. The van der Waals surface area contributed by atoms with Crippen LogP contribution in [0, 0.1) is 0 Å². The number of anilines is 1. The number of carbonyl (C=O) groups excluding carboxylic acids is 1. The molecular formula is C27H30N2O3S. The van der Waals surface area contributed by atoms with E-state index in [2.05, 4.69) is 29.7 Å². The summed E-state index contributed by atoms with van der Waals surface area (Å²) in [5, 5.41) is 5.99. The largest absolute Gasteiger partial charge is 0.491 e. The summed E-state index contributed by atoms with van der Waals surface area (Å²) in [6.07, 6.45) is 2.89. The second kappa shape index (κ2) is 12.6. The van der Waals surface area contributed by atoms with E-state index in [0.29, 0.717) is 23.6 Å². The molecule has 0 aliphatic heterocycles. The van der Waals surface area contributed by atoms with Crippen molar-refractivity contribution in [2.75, 3.05) is 11.9 Å². The van der Waals surface area contributed by atoms with Crippen LogP contribution in [0.2, 0.25) is 0 Å². The first-order chi connectivity index (χ1) is 16.0. The fourth-order valence-electron chi connectivity index (χ4n) is 3.13. The molecule has 3 aromatic carbocycles. The second-order valence-corrected chi connectivity index (χ2v) is 8.11. The van der Waals surface area contributed by atoms with Crippen LogP contribution in [-0.2, 0) is 6.42 Å². The molecule has 2 N–H and O–H groups in total. The van der Waals surface area contributed by atoms with Crippen LogP contribution in [0.1, 0.15) is 42.6 Å². The number of benzene rings is 3. The number of rotatable bonds is 10. The van der Waals surface area contributed by atoms with Gasteiger partial charge in [0.1, 0.15) is 11.5 Å². The maximum Gasteiger partial charge on any atom is 0.257 e. The Morgan fingerprint density at radius 2 is 1.67 bits per heavy atom. The van der Waals surface area contributed by atoms with E-state index in [9.17, 15) is 4.79 Å². The van der Waals surface area contributed by atoms with Crippen LogP contribution in [-0.4, -0.2) is 23.7 Å². The van der Waals surface area contributed by atoms with Gasteiger partial charge in [-0.2, -0.15) is 0 Å². The average molecular weight is 463 g/mol. The monoisotopic (exact) mass is 462 g/mol. The summed E-state index contributed by atoms with van der Waals surface area (Å²) in [6.45, 7) is 4.65. The van der Waals surface area contributed by atoms with Gasteiger partial charge in [-0.3, -0.25) is 10.1 Å². The predicted octanol–water partition coefficient (Wildman–Crippen LogP) is 6.00. The van der Waals surface area contributed by atoms with Crippen molar-refractivity contribution in [1.29, 1.82) is 0 Å². The third-order valence-electron chi connectivity index (χ3n) is 5.10. The summed E-state index contributed by atoms with van der Waals surface area (Å²) in [5.74, 6) is 1.14. The van der Waals surface area contributed by atoms with Crippen molar-refractivity contribution in [3.8, 4) is 11.5 Å². The van der Waals surface area contributed by atoms with Crippen LogP contribution in [0.3, 0.4) is 0 Å². The smallest absolute Gasteiger partial charge is 0.257 e. The van der Waals surface area contributed by atoms with E-state index in [1.165, 1.54) is 5.56 Å². The summed E-state index contributed by atoms with van der Waals surface area (Å²) in [6, 6.07) is 24.9. The van der Waals surface area contributed by atoms with E-state index in [-0.39, 0.29) is 17.1 Å². The number of hydrogen-bond donors (Lipinski definition) is 2. The average Bonchev–Trinajstić information content (AvgIpc) is 2.83. The van der Waals surface area contributed by atoms with Crippen LogP contribution in [0.25, 0.3) is 0 Å². The lowest BCUT2D eigenvalue weighted by molar-refractivity contribution is 0.0977. The molecule has 172 valence electrons. The number of hydrogen-bond acceptors (Lipinski definition) is 4. The predicted molar refractivity (Wildman–Crippen MR) is 137 cm³/mol. The van der Waals surface area contributed by atoms with Crippen molar-refractivity contribution in [3.63, 3.8) is 0 Å². The van der Waals surface area contributed by atoms with Gasteiger partial charge in [-0.15, -0.1) is 0 Å². The molecule has 0 saturated carbocycles. The van der Waals surface area contributed by atoms with Crippen molar-refractivity contribution in [1.82, 2.24) is 5.32 Å². The lowest BCUT2D eigenvalue weighted by atomic mass is 10.1. The van der Waals surface area contributed by atoms with Gasteiger partial charge in [0.25, 0.3) is 5.91 Å². The van der Waals surface area contributed by atoms with Gasteiger partial charge in [0.2, 0.25) is 0 Å². The first-order valence-electron chi connectivity index (χ1n) is 11.2. The third-order valence-corrected chi connectivity index (χ3v) is 5.31. The van der Waals surface area contributed by atoms with Crippen LogP contribution >= 0.6 is 12.2 Å². The highest BCUT2D eigenvalue weighted by molar-refractivity contribution is 7.80. The molecule has 0 aliphatic carbocycles. The zero-order valence-electron chi connectivity index (χ0n) is 19.0. The molecule has 0 radical (unpaired) electrons. The lowest BCUT2D eigenvalue weighted by Gasteiger charge is -2.15. The van der Waals surface area contributed by atoms with Gasteiger partial charge in [-0.25, -0.2) is 0 Å². The summed E-state index contributed by atoms with van der Waals surface area (Å²) in [7, 11) is 0. The van der Waals surface area contributed by atoms with Crippen molar-refractivity contribution < 1.29 is 14.3 Å². The Morgan fingerprint density at radius 3 is 2.39 bits per heavy atom. The van der Waals surface area contributed by atoms with Crippen LogP contribution in [0.5, 0.6) is 11.5 Å². The lowest BCUT2D eigenvalue weighted by Crippen LogP contribution is -2.34. The van der Waals surface area contributed by atoms with E-state index in [1.807, 2.05) is 49.4 Å². The molecule has 0 aromatic heterocycles. The molecule has 0 spiro atoms. The van der Waals surface area contributed by atoms with E-state index in [0.717, 1.165) is 25.0 Å². The van der Waals surface area contributed by atoms with Crippen LogP contribution in [0.15, 0.2) is 78.9 Å². The van der Waals surface area contributed by atoms with Crippen molar-refractivity contribution in [3.05, 3.63) is 90.0 Å². The summed E-state index contributed by atoms with van der Waals surface area (Å²) < 4.78 is 11.7. The minimum atomic E-state index is -0.288. The number of aryl methyl sites for hydroxylation is 1. The normalized spacial score (nSPS) is 11.3. The zero-order chi connectivity index (χ0) is 23.5. The number of thiocarbonyl (C=S) groups is 1. The van der Waals surface area contributed by atoms with E-state index in [1.54, 1.807) is 24.3 Å². The molecule has 1 unspecified atom stereocenters. The number of para-hydroxylation sites is 2. The molecule has 0 saturated heterocycles. The second-order valence-electron chi connectivity index (χ2n) is 7.70. The van der Waals surface area contributed by atoms with Gasteiger partial charge in [0.05, 0.1) is 18.4 Å². The van der Waals surface area contributed by atoms with E-state index < -0.39 is 0 Å². The molecule has 6 heteroatoms. The summed E-state index contributed by atoms with van der Waals surface area (Å²) in [4.78, 5) is 12.6. The molecule has 0 fully saturated rings. The maximum absolute atomic E-state index is 12.6. The van der Waals surface area contributed by atoms with Crippen molar-refractivity contribution in [2.24, 2.45) is 0 Å². The molecule has 3 rings (SSSR count). The first kappa shape index (κ1) is 24.3. The number of carbonyl (C=O) groups is 1. The summed E-state index contributed by atoms with van der Waals surface area (Å²) >= 11 is 5.35. The number of nitrogens with one attached hydrogen (secondary N) is 2. The Morgan fingerprint density at radius 1 is 0.970 bits per heavy atom. The van der Waals surface area contributed by atoms with Gasteiger partial charge in [0.15, 0.2) is 5.11 Å². The molecule has 0 bridgehead atoms. The highest BCUT2D eigenvalue weighted by Crippen LogP contribution is 2.24. The minimum Gasteiger partial charge on any atom is -0.491 e. The van der Waals surface area contributed by atoms with Gasteiger partial charge in [-0.05, 0) is 80.4 Å².